The molecular weight excluding hydrogens is 294 g/mol. The van der Waals surface area contributed by atoms with Crippen molar-refractivity contribution in [3.63, 3.8) is 0 Å². The van der Waals surface area contributed by atoms with Gasteiger partial charge in [0.25, 0.3) is 5.76 Å². The Balaban J connectivity index is 1.42. The van der Waals surface area contributed by atoms with E-state index < -0.39 is 5.76 Å². The number of hydrogen-bond donors (Lipinski definition) is 1. The van der Waals surface area contributed by atoms with Crippen molar-refractivity contribution in [3.8, 4) is 0 Å². The third-order valence-electron chi connectivity index (χ3n) is 4.45. The zero-order valence-electron chi connectivity index (χ0n) is 12.1. The van der Waals surface area contributed by atoms with Gasteiger partial charge in [-0.15, -0.1) is 0 Å². The number of rotatable bonds is 6. The van der Waals surface area contributed by atoms with Crippen molar-refractivity contribution >= 4 is 11.8 Å². The van der Waals surface area contributed by atoms with Crippen LogP contribution in [-0.2, 0) is 12.3 Å². The summed E-state index contributed by atoms with van der Waals surface area (Å²) >= 11 is 0.601. The number of nitrogens with zero attached hydrogens (tertiary/aromatic N) is 1. The van der Waals surface area contributed by atoms with E-state index in [4.69, 9.17) is 4.42 Å². The van der Waals surface area contributed by atoms with E-state index in [2.05, 4.69) is 10.2 Å². The second kappa shape index (κ2) is 7.11. The molecule has 21 heavy (non-hydrogen) atoms. The Morgan fingerprint density at radius 2 is 2.14 bits per heavy atom. The average molecular weight is 316 g/mol. The van der Waals surface area contributed by atoms with Crippen LogP contribution in [0.15, 0.2) is 16.5 Å². The molecule has 0 radical (unpaired) electrons. The van der Waals surface area contributed by atoms with Crippen LogP contribution in [0.2, 0.25) is 0 Å². The Kier molecular flexibility index (Phi) is 5.19. The molecular formula is C15H22F2N2OS. The van der Waals surface area contributed by atoms with Crippen molar-refractivity contribution in [1.82, 2.24) is 10.2 Å². The number of halogens is 2. The first-order valence-electron chi connectivity index (χ1n) is 7.65. The van der Waals surface area contributed by atoms with E-state index in [0.29, 0.717) is 30.1 Å². The Hall–Kier alpha value is -0.590. The van der Waals surface area contributed by atoms with Crippen LogP contribution in [0.3, 0.4) is 0 Å². The molecule has 0 bridgehead atoms. The number of fused-ring (bicyclic) bond motifs is 1. The molecule has 3 heterocycles. The summed E-state index contributed by atoms with van der Waals surface area (Å²) < 4.78 is 29.8. The topological polar surface area (TPSA) is 28.4 Å². The van der Waals surface area contributed by atoms with Crippen molar-refractivity contribution in [2.45, 2.75) is 55.8 Å². The lowest BCUT2D eigenvalue weighted by Crippen LogP contribution is -2.45. The molecule has 2 atom stereocenters. The minimum atomic E-state index is -2.34. The van der Waals surface area contributed by atoms with Crippen LogP contribution in [0.25, 0.3) is 0 Å². The zero-order valence-corrected chi connectivity index (χ0v) is 12.9. The van der Waals surface area contributed by atoms with Crippen molar-refractivity contribution in [2.75, 3.05) is 13.1 Å². The number of alkyl halides is 2. The standard InChI is InChI=1S/C15H22F2N2OS/c16-15(17)21-10-14-4-3-13(20-14)9-18-11-5-7-19-6-1-2-12(19)8-11/h3-4,11-12,15,18H,1-2,5-10H2. The molecule has 1 N–H and O–H groups in total. The van der Waals surface area contributed by atoms with Gasteiger partial charge in [-0.1, -0.05) is 11.8 Å². The van der Waals surface area contributed by atoms with Crippen LogP contribution in [0.1, 0.15) is 37.2 Å². The van der Waals surface area contributed by atoms with E-state index in [1.165, 1.54) is 38.8 Å². The normalized spacial score (nSPS) is 26.4. The molecule has 0 spiro atoms. The van der Waals surface area contributed by atoms with Crippen LogP contribution in [0.4, 0.5) is 8.78 Å². The predicted octanol–water partition coefficient (Wildman–Crippen LogP) is 3.45. The molecule has 1 aromatic heterocycles. The minimum absolute atomic E-state index is 0.234. The first-order valence-corrected chi connectivity index (χ1v) is 8.70. The van der Waals surface area contributed by atoms with E-state index in [1.54, 1.807) is 6.07 Å². The Bertz CT molecular complexity index is 455. The molecule has 0 saturated carbocycles. The van der Waals surface area contributed by atoms with E-state index in [0.717, 1.165) is 11.8 Å². The quantitative estimate of drug-likeness (QED) is 0.870. The number of piperidine rings is 1. The number of hydrogen-bond acceptors (Lipinski definition) is 4. The van der Waals surface area contributed by atoms with Gasteiger partial charge in [0, 0.05) is 12.1 Å². The highest BCUT2D eigenvalue weighted by Crippen LogP contribution is 2.27. The van der Waals surface area contributed by atoms with Gasteiger partial charge in [0.05, 0.1) is 12.3 Å². The molecule has 0 aromatic carbocycles. The Morgan fingerprint density at radius 1 is 1.29 bits per heavy atom. The lowest BCUT2D eigenvalue weighted by molar-refractivity contribution is 0.165. The monoisotopic (exact) mass is 316 g/mol. The van der Waals surface area contributed by atoms with Gasteiger partial charge in [-0.2, -0.15) is 8.78 Å². The fourth-order valence-corrected chi connectivity index (χ4v) is 3.84. The summed E-state index contributed by atoms with van der Waals surface area (Å²) in [5.74, 6) is -0.636. The molecule has 118 valence electrons. The molecule has 2 unspecified atom stereocenters. The Labute approximate surface area is 128 Å². The molecule has 2 aliphatic heterocycles. The van der Waals surface area contributed by atoms with E-state index in [-0.39, 0.29) is 5.75 Å². The summed E-state index contributed by atoms with van der Waals surface area (Å²) in [6.45, 7) is 3.15. The molecule has 1 aromatic rings. The van der Waals surface area contributed by atoms with Gasteiger partial charge in [-0.3, -0.25) is 0 Å². The second-order valence-electron chi connectivity index (χ2n) is 5.87. The van der Waals surface area contributed by atoms with Crippen molar-refractivity contribution < 1.29 is 13.2 Å². The smallest absolute Gasteiger partial charge is 0.284 e. The average Bonchev–Trinajstić information content (AvgIpc) is 3.11. The molecule has 3 nitrogen and oxygen atoms in total. The summed E-state index contributed by atoms with van der Waals surface area (Å²) in [5, 5.41) is 3.55. The first kappa shape index (κ1) is 15.3. The third-order valence-corrected chi connectivity index (χ3v) is 5.16. The number of nitrogens with one attached hydrogen (secondary N) is 1. The maximum absolute atomic E-state index is 12.1. The van der Waals surface area contributed by atoms with Crippen molar-refractivity contribution in [2.24, 2.45) is 0 Å². The number of furan rings is 1. The molecule has 0 amide bonds. The second-order valence-corrected chi connectivity index (χ2v) is 6.85. The van der Waals surface area contributed by atoms with E-state index >= 15 is 0 Å². The van der Waals surface area contributed by atoms with Gasteiger partial charge in [0.2, 0.25) is 0 Å². The maximum Gasteiger partial charge on any atom is 0.284 e. The molecule has 2 fully saturated rings. The van der Waals surface area contributed by atoms with Gasteiger partial charge < -0.3 is 14.6 Å². The summed E-state index contributed by atoms with van der Waals surface area (Å²) in [6.07, 6.45) is 5.06. The zero-order chi connectivity index (χ0) is 14.7. The fourth-order valence-electron chi connectivity index (χ4n) is 3.39. The SMILES string of the molecule is FC(F)SCc1ccc(CNC2CCN3CCCC3C2)o1. The molecule has 2 aliphatic rings. The summed E-state index contributed by atoms with van der Waals surface area (Å²) in [5.41, 5.74) is 0. The summed E-state index contributed by atoms with van der Waals surface area (Å²) in [6, 6.07) is 4.99. The van der Waals surface area contributed by atoms with E-state index in [1.807, 2.05) is 6.07 Å². The molecule has 3 rings (SSSR count). The first-order chi connectivity index (χ1) is 10.2. The summed E-state index contributed by atoms with van der Waals surface area (Å²) in [4.78, 5) is 2.60. The maximum atomic E-state index is 12.1. The molecule has 0 aliphatic carbocycles. The Morgan fingerprint density at radius 3 is 3.00 bits per heavy atom. The van der Waals surface area contributed by atoms with Crippen LogP contribution in [0.5, 0.6) is 0 Å². The lowest BCUT2D eigenvalue weighted by atomic mass is 9.97. The van der Waals surface area contributed by atoms with Crippen molar-refractivity contribution in [1.29, 1.82) is 0 Å². The highest BCUT2D eigenvalue weighted by molar-refractivity contribution is 7.98. The van der Waals surface area contributed by atoms with E-state index in [9.17, 15) is 8.78 Å². The molecule has 6 heteroatoms. The largest absolute Gasteiger partial charge is 0.464 e. The van der Waals surface area contributed by atoms with Gasteiger partial charge in [-0.25, -0.2) is 0 Å². The van der Waals surface area contributed by atoms with Gasteiger partial charge >= 0.3 is 0 Å². The fraction of sp³-hybridized carbons (Fsp3) is 0.733. The summed E-state index contributed by atoms with van der Waals surface area (Å²) in [7, 11) is 0. The lowest BCUT2D eigenvalue weighted by Gasteiger charge is -2.35. The van der Waals surface area contributed by atoms with Crippen LogP contribution in [-0.4, -0.2) is 35.8 Å². The minimum Gasteiger partial charge on any atom is -0.464 e. The highest BCUT2D eigenvalue weighted by Gasteiger charge is 2.31. The molecule has 2 saturated heterocycles. The highest BCUT2D eigenvalue weighted by atomic mass is 32.2. The van der Waals surface area contributed by atoms with Gasteiger partial charge in [0.15, 0.2) is 0 Å². The third kappa shape index (κ3) is 4.20. The van der Waals surface area contributed by atoms with Crippen LogP contribution < -0.4 is 5.32 Å². The van der Waals surface area contributed by atoms with Crippen molar-refractivity contribution in [3.05, 3.63) is 23.7 Å². The van der Waals surface area contributed by atoms with Gasteiger partial charge in [-0.05, 0) is 50.9 Å². The number of thioether (sulfide) groups is 1. The van der Waals surface area contributed by atoms with Gasteiger partial charge in [0.1, 0.15) is 11.5 Å². The predicted molar refractivity (Wildman–Crippen MR) is 80.5 cm³/mol. The van der Waals surface area contributed by atoms with Crippen LogP contribution in [0, 0.1) is 0 Å². The van der Waals surface area contributed by atoms with Crippen LogP contribution >= 0.6 is 11.8 Å².